The van der Waals surface area contributed by atoms with E-state index in [0.717, 1.165) is 0 Å². The van der Waals surface area contributed by atoms with Crippen LogP contribution >= 0.6 is 11.6 Å². The fourth-order valence-electron chi connectivity index (χ4n) is 0.833. The van der Waals surface area contributed by atoms with Crippen LogP contribution in [-0.2, 0) is 0 Å². The Bertz CT molecular complexity index is 328. The van der Waals surface area contributed by atoms with E-state index in [1.165, 1.54) is 0 Å². The predicted octanol–water partition coefficient (Wildman–Crippen LogP) is 3.84. The smallest absolute Gasteiger partial charge is 0.123 e. The molecule has 2 heteroatoms. The highest BCUT2D eigenvalue weighted by atomic mass is 35.5. The van der Waals surface area contributed by atoms with Gasteiger partial charge in [0.05, 0.1) is 0 Å². The lowest BCUT2D eigenvalue weighted by atomic mass is 10.1. The molecule has 0 aliphatic carbocycles. The Balaban J connectivity index is 3.04. The first-order valence-corrected chi connectivity index (χ1v) is 3.78. The highest BCUT2D eigenvalue weighted by molar-refractivity contribution is 6.30. The molecule has 62 valence electrons. The van der Waals surface area contributed by atoms with Gasteiger partial charge in [-0.3, -0.25) is 0 Å². The number of hydrogen-bond donors (Lipinski definition) is 0. The third-order valence-corrected chi connectivity index (χ3v) is 1.74. The van der Waals surface area contributed by atoms with Gasteiger partial charge in [-0.1, -0.05) is 36.9 Å². The van der Waals surface area contributed by atoms with E-state index in [4.69, 9.17) is 11.6 Å². The van der Waals surface area contributed by atoms with Gasteiger partial charge in [0.25, 0.3) is 0 Å². The summed E-state index contributed by atoms with van der Waals surface area (Å²) in [5, 5.41) is 0.565. The van der Waals surface area contributed by atoms with Gasteiger partial charge in [0.15, 0.2) is 0 Å². The third-order valence-electron chi connectivity index (χ3n) is 1.50. The zero-order valence-corrected chi connectivity index (χ0v) is 7.24. The molecule has 0 nitrogen and oxygen atoms in total. The van der Waals surface area contributed by atoms with Gasteiger partial charge in [0.2, 0.25) is 0 Å². The molecule has 0 atom stereocenters. The van der Waals surface area contributed by atoms with Crippen LogP contribution in [0.1, 0.15) is 5.56 Å². The average molecular weight is 183 g/mol. The van der Waals surface area contributed by atoms with Crippen molar-refractivity contribution in [2.24, 2.45) is 0 Å². The lowest BCUT2D eigenvalue weighted by Gasteiger charge is -2.01. The molecule has 0 radical (unpaired) electrons. The second-order valence-corrected chi connectivity index (χ2v) is 2.83. The Morgan fingerprint density at radius 2 is 2.00 bits per heavy atom. The van der Waals surface area contributed by atoms with Crippen molar-refractivity contribution in [2.45, 2.75) is 0 Å². The number of halogens is 2. The standard InChI is InChI=1S/C10H8ClF/c1-7(8(2)12)9-4-3-5-10(11)6-9/h3-6H,1-2H2. The first kappa shape index (κ1) is 9.01. The predicted molar refractivity (Wildman–Crippen MR) is 50.7 cm³/mol. The third kappa shape index (κ3) is 1.95. The first-order valence-electron chi connectivity index (χ1n) is 3.41. The molecule has 0 heterocycles. The van der Waals surface area contributed by atoms with Crippen LogP contribution in [0.2, 0.25) is 5.02 Å². The molecule has 0 bridgehead atoms. The van der Waals surface area contributed by atoms with Gasteiger partial charge in [0.1, 0.15) is 5.83 Å². The Morgan fingerprint density at radius 1 is 1.33 bits per heavy atom. The van der Waals surface area contributed by atoms with Crippen LogP contribution in [-0.4, -0.2) is 0 Å². The van der Waals surface area contributed by atoms with Gasteiger partial charge in [-0.05, 0) is 17.7 Å². The van der Waals surface area contributed by atoms with Crippen LogP contribution in [0.15, 0.2) is 43.3 Å². The summed E-state index contributed by atoms with van der Waals surface area (Å²) in [5.41, 5.74) is 0.938. The zero-order chi connectivity index (χ0) is 9.14. The molecule has 0 unspecified atom stereocenters. The highest BCUT2D eigenvalue weighted by Gasteiger charge is 2.01. The SMILES string of the molecule is C=C(F)C(=C)c1cccc(Cl)c1. The molecule has 1 aromatic rings. The van der Waals surface area contributed by atoms with Crippen molar-refractivity contribution >= 4 is 17.2 Å². The molecule has 0 aliphatic heterocycles. The van der Waals surface area contributed by atoms with E-state index < -0.39 is 5.83 Å². The van der Waals surface area contributed by atoms with Crippen molar-refractivity contribution in [3.63, 3.8) is 0 Å². The summed E-state index contributed by atoms with van der Waals surface area (Å²) in [6.45, 7) is 6.68. The Morgan fingerprint density at radius 3 is 2.50 bits per heavy atom. The Labute approximate surface area is 76.0 Å². The second kappa shape index (κ2) is 3.55. The van der Waals surface area contributed by atoms with Gasteiger partial charge in [-0.25, -0.2) is 4.39 Å². The number of benzene rings is 1. The molecule has 0 aromatic heterocycles. The molecule has 1 aromatic carbocycles. The summed E-state index contributed by atoms with van der Waals surface area (Å²) in [6, 6.07) is 6.85. The minimum absolute atomic E-state index is 0.275. The normalized spacial score (nSPS) is 9.50. The fourth-order valence-corrected chi connectivity index (χ4v) is 1.02. The van der Waals surface area contributed by atoms with E-state index in [1.807, 2.05) is 0 Å². The Hall–Kier alpha value is -1.08. The quantitative estimate of drug-likeness (QED) is 0.610. The molecular formula is C10H8ClF. The van der Waals surface area contributed by atoms with Gasteiger partial charge >= 0.3 is 0 Å². The molecule has 0 saturated carbocycles. The lowest BCUT2D eigenvalue weighted by Crippen LogP contribution is -1.81. The molecule has 0 saturated heterocycles. The number of hydrogen-bond acceptors (Lipinski definition) is 0. The van der Waals surface area contributed by atoms with Crippen molar-refractivity contribution in [1.82, 2.24) is 0 Å². The fraction of sp³-hybridized carbons (Fsp3) is 0. The zero-order valence-electron chi connectivity index (χ0n) is 6.48. The van der Waals surface area contributed by atoms with Gasteiger partial charge in [-0.2, -0.15) is 0 Å². The topological polar surface area (TPSA) is 0 Å². The van der Waals surface area contributed by atoms with E-state index in [0.29, 0.717) is 10.6 Å². The number of allylic oxidation sites excluding steroid dienone is 2. The van der Waals surface area contributed by atoms with Crippen molar-refractivity contribution in [3.8, 4) is 0 Å². The molecule has 1 rings (SSSR count). The largest absolute Gasteiger partial charge is 0.207 e. The minimum atomic E-state index is -0.530. The first-order chi connectivity index (χ1) is 5.61. The van der Waals surface area contributed by atoms with E-state index in [9.17, 15) is 4.39 Å². The van der Waals surface area contributed by atoms with Crippen LogP contribution in [0.25, 0.3) is 5.57 Å². The highest BCUT2D eigenvalue weighted by Crippen LogP contribution is 2.22. The van der Waals surface area contributed by atoms with Crippen molar-refractivity contribution in [2.75, 3.05) is 0 Å². The summed E-state index contributed by atoms with van der Waals surface area (Å²) in [5.74, 6) is -0.530. The molecule has 12 heavy (non-hydrogen) atoms. The van der Waals surface area contributed by atoms with Crippen LogP contribution in [0.5, 0.6) is 0 Å². The molecule has 0 amide bonds. The Kier molecular flexibility index (Phi) is 2.66. The van der Waals surface area contributed by atoms with Gasteiger partial charge < -0.3 is 0 Å². The van der Waals surface area contributed by atoms with Gasteiger partial charge in [-0.15, -0.1) is 0 Å². The van der Waals surface area contributed by atoms with Crippen LogP contribution in [0.4, 0.5) is 4.39 Å². The molecule has 0 N–H and O–H groups in total. The maximum atomic E-state index is 12.6. The molecule has 0 aliphatic rings. The number of rotatable bonds is 2. The summed E-state index contributed by atoms with van der Waals surface area (Å²) >= 11 is 5.70. The van der Waals surface area contributed by atoms with Gasteiger partial charge in [0, 0.05) is 10.6 Å². The second-order valence-electron chi connectivity index (χ2n) is 2.39. The van der Waals surface area contributed by atoms with Crippen LogP contribution in [0.3, 0.4) is 0 Å². The summed E-state index contributed by atoms with van der Waals surface area (Å²) in [4.78, 5) is 0. The lowest BCUT2D eigenvalue weighted by molar-refractivity contribution is 0.678. The van der Waals surface area contributed by atoms with Crippen molar-refractivity contribution < 1.29 is 4.39 Å². The van der Waals surface area contributed by atoms with Crippen molar-refractivity contribution in [3.05, 3.63) is 53.8 Å². The maximum Gasteiger partial charge on any atom is 0.123 e. The van der Waals surface area contributed by atoms with Crippen LogP contribution in [0, 0.1) is 0 Å². The minimum Gasteiger partial charge on any atom is -0.207 e. The monoisotopic (exact) mass is 182 g/mol. The molecule has 0 fully saturated rings. The summed E-state index contributed by atoms with van der Waals surface area (Å²) in [6.07, 6.45) is 0. The van der Waals surface area contributed by atoms with E-state index in [2.05, 4.69) is 13.2 Å². The summed E-state index contributed by atoms with van der Waals surface area (Å²) < 4.78 is 12.6. The maximum absolute atomic E-state index is 12.6. The average Bonchev–Trinajstić information content (AvgIpc) is 2.03. The van der Waals surface area contributed by atoms with E-state index >= 15 is 0 Å². The van der Waals surface area contributed by atoms with E-state index in [1.54, 1.807) is 24.3 Å². The summed E-state index contributed by atoms with van der Waals surface area (Å²) in [7, 11) is 0. The van der Waals surface area contributed by atoms with E-state index in [-0.39, 0.29) is 5.57 Å². The van der Waals surface area contributed by atoms with Crippen LogP contribution < -0.4 is 0 Å². The molecule has 0 spiro atoms. The molecular weight excluding hydrogens is 175 g/mol. The van der Waals surface area contributed by atoms with Crippen molar-refractivity contribution in [1.29, 1.82) is 0 Å².